The fourth-order valence-corrected chi connectivity index (χ4v) is 4.09. The summed E-state index contributed by atoms with van der Waals surface area (Å²) in [6.07, 6.45) is 1.63. The van der Waals surface area contributed by atoms with Gasteiger partial charge in [-0.3, -0.25) is 0 Å². The number of halogens is 1. The Kier molecular flexibility index (Phi) is 5.53. The molecule has 0 radical (unpaired) electrons. The van der Waals surface area contributed by atoms with Gasteiger partial charge in [0.25, 0.3) is 0 Å². The monoisotopic (exact) mass is 477 g/mol. The lowest BCUT2D eigenvalue weighted by Crippen LogP contribution is -2.03. The summed E-state index contributed by atoms with van der Waals surface area (Å²) in [5, 5.41) is 15.8. The summed E-state index contributed by atoms with van der Waals surface area (Å²) in [7, 11) is 0. The number of rotatable bonds is 4. The first-order valence-corrected chi connectivity index (χ1v) is 10.8. The average Bonchev–Trinajstić information content (AvgIpc) is 3.20. The minimum absolute atomic E-state index is 0.363. The number of aryl methyl sites for hydroxylation is 2. The first-order valence-electron chi connectivity index (χ1n) is 9.08. The van der Waals surface area contributed by atoms with Crippen LogP contribution in [0, 0.1) is 25.2 Å². The van der Waals surface area contributed by atoms with Crippen molar-refractivity contribution in [1.29, 1.82) is 5.26 Å². The Balaban J connectivity index is 1.66. The Morgan fingerprint density at radius 3 is 2.80 bits per heavy atom. The summed E-state index contributed by atoms with van der Waals surface area (Å²) in [5.41, 5.74) is 4.55. The SMILES string of the molecule is Cc1ccc(N/C=C(/C#N)c2nc(-c3cc4cc(Br)ccc4oc3=O)cs2)cc1C. The molecule has 0 aliphatic rings. The standard InChI is InChI=1S/C23H16BrN3O2S/c1-13-3-5-18(7-14(13)2)26-11-16(10-25)22-27-20(12-30-22)19-9-15-8-17(24)4-6-21(15)29-23(19)28/h3-9,11-12,26H,1-2H3/b16-11-. The smallest absolute Gasteiger partial charge is 0.345 e. The molecule has 30 heavy (non-hydrogen) atoms. The van der Waals surface area contributed by atoms with Crippen LogP contribution in [0.4, 0.5) is 5.69 Å². The molecular weight excluding hydrogens is 462 g/mol. The van der Waals surface area contributed by atoms with Crippen molar-refractivity contribution in [3.63, 3.8) is 0 Å². The number of nitrogens with one attached hydrogen (secondary N) is 1. The van der Waals surface area contributed by atoms with E-state index in [9.17, 15) is 10.1 Å². The van der Waals surface area contributed by atoms with Crippen LogP contribution in [0.25, 0.3) is 27.8 Å². The fourth-order valence-electron chi connectivity index (χ4n) is 2.92. The van der Waals surface area contributed by atoms with E-state index in [1.807, 2.05) is 37.3 Å². The number of nitriles is 1. The highest BCUT2D eigenvalue weighted by atomic mass is 79.9. The Hall–Kier alpha value is -3.21. The van der Waals surface area contributed by atoms with Crippen molar-refractivity contribution in [3.8, 4) is 17.3 Å². The van der Waals surface area contributed by atoms with Crippen molar-refractivity contribution >= 4 is 49.5 Å². The second kappa shape index (κ2) is 8.27. The number of hydrogen-bond donors (Lipinski definition) is 1. The van der Waals surface area contributed by atoms with E-state index in [-0.39, 0.29) is 0 Å². The van der Waals surface area contributed by atoms with Gasteiger partial charge in [-0.1, -0.05) is 22.0 Å². The van der Waals surface area contributed by atoms with Crippen LogP contribution < -0.4 is 10.9 Å². The lowest BCUT2D eigenvalue weighted by Gasteiger charge is -2.05. The maximum atomic E-state index is 12.4. The average molecular weight is 478 g/mol. The van der Waals surface area contributed by atoms with Gasteiger partial charge < -0.3 is 9.73 Å². The van der Waals surface area contributed by atoms with Crippen LogP contribution in [0.1, 0.15) is 16.1 Å². The summed E-state index contributed by atoms with van der Waals surface area (Å²) in [6.45, 7) is 4.09. The number of hydrogen-bond acceptors (Lipinski definition) is 6. The normalized spacial score (nSPS) is 11.5. The lowest BCUT2D eigenvalue weighted by molar-refractivity contribution is 0.563. The van der Waals surface area contributed by atoms with Gasteiger partial charge in [-0.05, 0) is 61.4 Å². The topological polar surface area (TPSA) is 78.9 Å². The van der Waals surface area contributed by atoms with E-state index in [0.29, 0.717) is 27.4 Å². The van der Waals surface area contributed by atoms with Crippen LogP contribution in [-0.2, 0) is 0 Å². The molecule has 2 aromatic carbocycles. The number of fused-ring (bicyclic) bond motifs is 1. The Morgan fingerprint density at radius 2 is 2.03 bits per heavy atom. The zero-order valence-electron chi connectivity index (χ0n) is 16.2. The molecule has 0 aliphatic carbocycles. The molecule has 148 valence electrons. The minimum Gasteiger partial charge on any atom is -0.422 e. The maximum absolute atomic E-state index is 12.4. The predicted octanol–water partition coefficient (Wildman–Crippen LogP) is 6.27. The zero-order chi connectivity index (χ0) is 21.3. The number of nitrogens with zero attached hydrogens (tertiary/aromatic N) is 2. The van der Waals surface area contributed by atoms with Gasteiger partial charge in [0.05, 0.1) is 11.3 Å². The molecule has 0 saturated heterocycles. The van der Waals surface area contributed by atoms with E-state index in [4.69, 9.17) is 4.42 Å². The molecular formula is C23H16BrN3O2S. The molecule has 2 heterocycles. The molecule has 4 aromatic rings. The molecule has 1 N–H and O–H groups in total. The van der Waals surface area contributed by atoms with Crippen LogP contribution in [0.5, 0.6) is 0 Å². The van der Waals surface area contributed by atoms with Crippen LogP contribution in [0.3, 0.4) is 0 Å². The molecule has 0 fully saturated rings. The van der Waals surface area contributed by atoms with Crippen LogP contribution in [-0.4, -0.2) is 4.98 Å². The number of aromatic nitrogens is 1. The molecule has 4 rings (SSSR count). The lowest BCUT2D eigenvalue weighted by atomic mass is 10.1. The van der Waals surface area contributed by atoms with Gasteiger partial charge in [0.2, 0.25) is 0 Å². The quantitative estimate of drug-likeness (QED) is 0.276. The van der Waals surface area contributed by atoms with Crippen molar-refractivity contribution in [2.45, 2.75) is 13.8 Å². The summed E-state index contributed by atoms with van der Waals surface area (Å²) in [6, 6.07) is 15.4. The number of thiazole rings is 1. The largest absolute Gasteiger partial charge is 0.422 e. The zero-order valence-corrected chi connectivity index (χ0v) is 18.6. The van der Waals surface area contributed by atoms with Crippen LogP contribution >= 0.6 is 27.3 Å². The minimum atomic E-state index is -0.461. The Labute approximate surface area is 185 Å². The number of anilines is 1. The molecule has 0 bridgehead atoms. The van der Waals surface area contributed by atoms with E-state index in [1.165, 1.54) is 16.9 Å². The number of allylic oxidation sites excluding steroid dienone is 1. The molecule has 0 atom stereocenters. The van der Waals surface area contributed by atoms with Gasteiger partial charge in [0, 0.05) is 27.1 Å². The third kappa shape index (κ3) is 4.06. The van der Waals surface area contributed by atoms with Crippen molar-refractivity contribution in [3.05, 3.63) is 85.1 Å². The van der Waals surface area contributed by atoms with E-state index in [0.717, 1.165) is 21.1 Å². The predicted molar refractivity (Wildman–Crippen MR) is 124 cm³/mol. The molecule has 2 aromatic heterocycles. The van der Waals surface area contributed by atoms with Crippen LogP contribution in [0.2, 0.25) is 0 Å². The third-order valence-electron chi connectivity index (χ3n) is 4.72. The van der Waals surface area contributed by atoms with Gasteiger partial charge >= 0.3 is 5.63 Å². The molecule has 0 unspecified atom stereocenters. The van der Waals surface area contributed by atoms with E-state index in [2.05, 4.69) is 39.2 Å². The van der Waals surface area contributed by atoms with Gasteiger partial charge in [0.15, 0.2) is 0 Å². The Morgan fingerprint density at radius 1 is 1.20 bits per heavy atom. The van der Waals surface area contributed by atoms with E-state index in [1.54, 1.807) is 23.7 Å². The highest BCUT2D eigenvalue weighted by Gasteiger charge is 2.14. The summed E-state index contributed by atoms with van der Waals surface area (Å²) < 4.78 is 6.31. The Bertz CT molecular complexity index is 1400. The summed E-state index contributed by atoms with van der Waals surface area (Å²) in [4.78, 5) is 16.9. The third-order valence-corrected chi connectivity index (χ3v) is 6.08. The highest BCUT2D eigenvalue weighted by Crippen LogP contribution is 2.27. The van der Waals surface area contributed by atoms with Crippen LogP contribution in [0.15, 0.2) is 67.7 Å². The van der Waals surface area contributed by atoms with Crippen molar-refractivity contribution in [1.82, 2.24) is 4.98 Å². The first kappa shape index (κ1) is 20.1. The second-order valence-electron chi connectivity index (χ2n) is 6.78. The number of benzene rings is 2. The van der Waals surface area contributed by atoms with Gasteiger partial charge in [-0.2, -0.15) is 5.26 Å². The van der Waals surface area contributed by atoms with E-state index < -0.39 is 5.63 Å². The molecule has 0 spiro atoms. The first-order chi connectivity index (χ1) is 14.4. The second-order valence-corrected chi connectivity index (χ2v) is 8.55. The van der Waals surface area contributed by atoms with Crippen molar-refractivity contribution in [2.24, 2.45) is 0 Å². The highest BCUT2D eigenvalue weighted by molar-refractivity contribution is 9.10. The van der Waals surface area contributed by atoms with Gasteiger partial charge in [-0.25, -0.2) is 9.78 Å². The van der Waals surface area contributed by atoms with E-state index >= 15 is 0 Å². The molecule has 5 nitrogen and oxygen atoms in total. The molecule has 0 amide bonds. The molecule has 7 heteroatoms. The molecule has 0 saturated carbocycles. The van der Waals surface area contributed by atoms with Gasteiger partial charge in [0.1, 0.15) is 22.2 Å². The fraction of sp³-hybridized carbons (Fsp3) is 0.0870. The summed E-state index contributed by atoms with van der Waals surface area (Å²) >= 11 is 4.73. The summed E-state index contributed by atoms with van der Waals surface area (Å²) in [5.74, 6) is 0. The van der Waals surface area contributed by atoms with Gasteiger partial charge in [-0.15, -0.1) is 11.3 Å². The van der Waals surface area contributed by atoms with Crippen molar-refractivity contribution in [2.75, 3.05) is 5.32 Å². The van der Waals surface area contributed by atoms with Crippen molar-refractivity contribution < 1.29 is 4.42 Å². The maximum Gasteiger partial charge on any atom is 0.345 e. The molecule has 0 aliphatic heterocycles.